The third kappa shape index (κ3) is 29.7. The van der Waals surface area contributed by atoms with E-state index in [1.54, 1.807) is 44.2 Å². The Morgan fingerprint density at radius 2 is 1.03 bits per heavy atom. The standard InChI is InChI=1S/C60H104N18O15/c1-7-34(4)13-11-12-16-46(79)69-38(17-23-61)55(86)78-50(36(6)93-48(81)32-67)60(91)74-41(20-26-64)52(83)73-43-22-28-68-59(90)49(35(5)92-47(80)31-66)77-56(87)42(21-27-65)71-51(82)39(18-24-62)72-57(88)44(29-33(2)3)75-58(89)45(30-37-14-9-8-10-15-37)76-53(84)40(19-25-63)70-54(43)85/h8-10,14-15,33-36,38-45,49-50H,7,11-13,16-32,61-67H2,1-6H3,(H,68,90)(H,69,79)(H,70,85)(H,71,82)(H,72,88)(H,73,83)(H,74,91)(H,75,89)(H,76,84)(H,77,87)(H,78,86)/t34-,35+,36+,38-,39-,40-,41-,42-,43-,44-,45+,49-,50-/m0/s1. The van der Waals surface area contributed by atoms with Gasteiger partial charge in [0.15, 0.2) is 0 Å². The first kappa shape index (κ1) is 81.1. The lowest BCUT2D eigenvalue weighted by atomic mass is 10.00. The molecule has 0 spiro atoms. The molecule has 2 rings (SSSR count). The van der Waals surface area contributed by atoms with Gasteiger partial charge in [-0.1, -0.05) is 77.3 Å². The molecule has 0 saturated carbocycles. The number of hydrogen-bond acceptors (Lipinski definition) is 22. The molecule has 0 bridgehead atoms. The second-order valence-electron chi connectivity index (χ2n) is 23.4. The summed E-state index contributed by atoms with van der Waals surface area (Å²) >= 11 is 0. The summed E-state index contributed by atoms with van der Waals surface area (Å²) in [4.78, 5) is 182. The van der Waals surface area contributed by atoms with Crippen LogP contribution >= 0.6 is 0 Å². The van der Waals surface area contributed by atoms with Gasteiger partial charge in [0.05, 0.1) is 13.1 Å². The van der Waals surface area contributed by atoms with Gasteiger partial charge in [0, 0.05) is 19.4 Å². The van der Waals surface area contributed by atoms with E-state index >= 15 is 0 Å². The molecule has 93 heavy (non-hydrogen) atoms. The van der Waals surface area contributed by atoms with Crippen molar-refractivity contribution >= 4 is 76.9 Å². The third-order valence-electron chi connectivity index (χ3n) is 15.2. The average molecular weight is 1320 g/mol. The van der Waals surface area contributed by atoms with Crippen LogP contribution in [0.5, 0.6) is 0 Å². The molecule has 1 heterocycles. The second-order valence-corrected chi connectivity index (χ2v) is 23.4. The molecule has 1 fully saturated rings. The average Bonchev–Trinajstić information content (AvgIpc) is 1.21. The largest absolute Gasteiger partial charge is 0.459 e. The van der Waals surface area contributed by atoms with Crippen LogP contribution in [-0.2, 0) is 78.2 Å². The zero-order valence-electron chi connectivity index (χ0n) is 54.5. The summed E-state index contributed by atoms with van der Waals surface area (Å²) in [5, 5.41) is 28.3. The lowest BCUT2D eigenvalue weighted by Crippen LogP contribution is -2.62. The fourth-order valence-corrected chi connectivity index (χ4v) is 9.75. The van der Waals surface area contributed by atoms with E-state index in [9.17, 15) is 62.3 Å². The summed E-state index contributed by atoms with van der Waals surface area (Å²) in [7, 11) is 0. The van der Waals surface area contributed by atoms with Crippen LogP contribution in [0.4, 0.5) is 0 Å². The number of benzene rings is 1. The molecular weight excluding hydrogens is 1210 g/mol. The lowest BCUT2D eigenvalue weighted by Gasteiger charge is -2.29. The van der Waals surface area contributed by atoms with E-state index in [2.05, 4.69) is 72.3 Å². The second kappa shape index (κ2) is 43.8. The number of amides is 11. The van der Waals surface area contributed by atoms with Crippen LogP contribution in [-0.4, -0.2) is 202 Å². The van der Waals surface area contributed by atoms with Crippen molar-refractivity contribution in [3.8, 4) is 0 Å². The van der Waals surface area contributed by atoms with Crippen LogP contribution in [0, 0.1) is 11.8 Å². The van der Waals surface area contributed by atoms with Crippen LogP contribution in [0.2, 0.25) is 0 Å². The normalized spacial score (nSPS) is 21.8. The Morgan fingerprint density at radius 3 is 1.56 bits per heavy atom. The van der Waals surface area contributed by atoms with Crippen molar-refractivity contribution in [2.75, 3.05) is 52.4 Å². The van der Waals surface area contributed by atoms with E-state index in [-0.39, 0.29) is 90.0 Å². The van der Waals surface area contributed by atoms with E-state index in [1.807, 2.05) is 0 Å². The van der Waals surface area contributed by atoms with Crippen molar-refractivity contribution < 1.29 is 71.8 Å². The Hall–Kier alpha value is -7.95. The highest BCUT2D eigenvalue weighted by atomic mass is 16.5. The van der Waals surface area contributed by atoms with Gasteiger partial charge in [-0.2, -0.15) is 0 Å². The maximum Gasteiger partial charge on any atom is 0.320 e. The van der Waals surface area contributed by atoms with Crippen LogP contribution in [0.15, 0.2) is 30.3 Å². The summed E-state index contributed by atoms with van der Waals surface area (Å²) < 4.78 is 10.7. The third-order valence-corrected chi connectivity index (χ3v) is 15.2. The molecule has 1 aliphatic rings. The highest BCUT2D eigenvalue weighted by Gasteiger charge is 2.39. The Balaban J connectivity index is 2.83. The molecule has 25 N–H and O–H groups in total. The Morgan fingerprint density at radius 1 is 0.538 bits per heavy atom. The number of esters is 2. The van der Waals surface area contributed by atoms with Crippen LogP contribution in [0.1, 0.15) is 124 Å². The van der Waals surface area contributed by atoms with Gasteiger partial charge >= 0.3 is 11.9 Å². The van der Waals surface area contributed by atoms with Crippen molar-refractivity contribution in [1.29, 1.82) is 0 Å². The Kier molecular flexibility index (Phi) is 38.2. The number of carbonyl (C=O) groups is 13. The van der Waals surface area contributed by atoms with Crippen molar-refractivity contribution in [2.24, 2.45) is 52.0 Å². The van der Waals surface area contributed by atoms with Crippen molar-refractivity contribution in [2.45, 2.75) is 198 Å². The Bertz CT molecular complexity index is 2610. The molecule has 1 aliphatic heterocycles. The van der Waals surface area contributed by atoms with Gasteiger partial charge in [0.25, 0.3) is 0 Å². The van der Waals surface area contributed by atoms with Gasteiger partial charge in [0.1, 0.15) is 72.6 Å². The molecule has 1 aromatic carbocycles. The molecule has 0 unspecified atom stereocenters. The van der Waals surface area contributed by atoms with E-state index in [0.29, 0.717) is 17.9 Å². The maximum atomic E-state index is 14.8. The molecule has 524 valence electrons. The van der Waals surface area contributed by atoms with Gasteiger partial charge in [-0.15, -0.1) is 0 Å². The number of rotatable bonds is 33. The highest BCUT2D eigenvalue weighted by Crippen LogP contribution is 2.15. The molecule has 0 radical (unpaired) electrons. The van der Waals surface area contributed by atoms with Crippen molar-refractivity contribution in [1.82, 2.24) is 58.5 Å². The summed E-state index contributed by atoms with van der Waals surface area (Å²) in [6.07, 6.45) is -1.43. The molecule has 0 aliphatic carbocycles. The zero-order valence-corrected chi connectivity index (χ0v) is 54.5. The number of nitrogens with one attached hydrogen (secondary N) is 11. The van der Waals surface area contributed by atoms with Gasteiger partial charge in [-0.25, -0.2) is 0 Å². The fraction of sp³-hybridized carbons (Fsp3) is 0.683. The van der Waals surface area contributed by atoms with Gasteiger partial charge in [-0.05, 0) is 115 Å². The first-order valence-corrected chi connectivity index (χ1v) is 31.8. The molecule has 13 atom stereocenters. The predicted octanol–water partition coefficient (Wildman–Crippen LogP) is -6.23. The quantitative estimate of drug-likeness (QED) is 0.0230. The number of ether oxygens (including phenoxy) is 2. The lowest BCUT2D eigenvalue weighted by molar-refractivity contribution is -0.152. The molecule has 1 aromatic rings. The Labute approximate surface area is 543 Å². The molecule has 0 aromatic heterocycles. The van der Waals surface area contributed by atoms with E-state index in [4.69, 9.17) is 49.6 Å². The molecule has 33 heteroatoms. The molecule has 11 amide bonds. The van der Waals surface area contributed by atoms with Crippen LogP contribution in [0.25, 0.3) is 0 Å². The minimum atomic E-state index is -1.77. The van der Waals surface area contributed by atoms with E-state index < -0.39 is 176 Å². The minimum Gasteiger partial charge on any atom is -0.459 e. The summed E-state index contributed by atoms with van der Waals surface area (Å²) in [5.74, 6) is -12.0. The number of hydrogen-bond donors (Lipinski definition) is 18. The highest BCUT2D eigenvalue weighted by molar-refractivity contribution is 5.99. The monoisotopic (exact) mass is 1320 g/mol. The molecule has 1 saturated heterocycles. The summed E-state index contributed by atoms with van der Waals surface area (Å²) in [6.45, 7) is 7.48. The topological polar surface area (TPSA) is 555 Å². The SMILES string of the molecule is CC[C@H](C)CCCCC(=O)N[C@@H](CCN)C(=O)N[C@H](C(=O)N[C@@H](CCN)C(=O)N[C@H]1CCNC(=O)[C@H]([C@@H](C)OC(=O)CN)NC(=O)[C@H](CCN)NC(=O)[C@H](CCN)NC(=O)[C@H](CC(C)C)NC(=O)[C@@H](Cc2ccccc2)NC(=O)[C@H](CCN)NC1=O)[C@@H](C)OC(=O)CN. The zero-order chi connectivity index (χ0) is 69.7. The van der Waals surface area contributed by atoms with Gasteiger partial charge < -0.3 is 108 Å². The maximum absolute atomic E-state index is 14.8. The van der Waals surface area contributed by atoms with E-state index in [1.165, 1.54) is 13.8 Å². The number of nitrogens with two attached hydrogens (primary N) is 7. The summed E-state index contributed by atoms with van der Waals surface area (Å²) in [5.41, 5.74) is 41.2. The first-order chi connectivity index (χ1) is 44.2. The van der Waals surface area contributed by atoms with Crippen LogP contribution < -0.4 is 98.6 Å². The molecule has 33 nitrogen and oxygen atoms in total. The number of carbonyl (C=O) groups excluding carboxylic acids is 13. The van der Waals surface area contributed by atoms with Crippen molar-refractivity contribution in [3.05, 3.63) is 35.9 Å². The van der Waals surface area contributed by atoms with Gasteiger partial charge in [-0.3, -0.25) is 62.3 Å². The summed E-state index contributed by atoms with van der Waals surface area (Å²) in [6, 6.07) is -6.96. The van der Waals surface area contributed by atoms with Crippen LogP contribution in [0.3, 0.4) is 0 Å². The molecular formula is C60H104N18O15. The predicted molar refractivity (Wildman–Crippen MR) is 342 cm³/mol. The first-order valence-electron chi connectivity index (χ1n) is 31.8. The van der Waals surface area contributed by atoms with Gasteiger partial charge in [0.2, 0.25) is 65.0 Å². The minimum absolute atomic E-state index is 0.0138. The fourth-order valence-electron chi connectivity index (χ4n) is 9.75. The smallest absolute Gasteiger partial charge is 0.320 e. The van der Waals surface area contributed by atoms with Crippen molar-refractivity contribution in [3.63, 3.8) is 0 Å². The van der Waals surface area contributed by atoms with E-state index in [0.717, 1.165) is 19.3 Å². The number of unbranched alkanes of at least 4 members (excludes halogenated alkanes) is 1.